The van der Waals surface area contributed by atoms with E-state index < -0.39 is 0 Å². The molecule has 0 unspecified atom stereocenters. The Morgan fingerprint density at radius 3 is 2.50 bits per heavy atom. The zero-order valence-corrected chi connectivity index (χ0v) is 12.8. The third-order valence-electron chi connectivity index (χ3n) is 3.20. The number of anilines is 2. The largest absolute Gasteiger partial charge is 0.383 e. The van der Waals surface area contributed by atoms with Crippen LogP contribution in [0.4, 0.5) is 15.9 Å². The molecule has 116 valence electrons. The molecule has 1 aromatic carbocycles. The Labute approximate surface area is 129 Å². The molecule has 2 rings (SSSR count). The zero-order chi connectivity index (χ0) is 15.9. The van der Waals surface area contributed by atoms with Gasteiger partial charge in [0, 0.05) is 12.5 Å². The number of aromatic nitrogens is 1. The summed E-state index contributed by atoms with van der Waals surface area (Å²) in [5.41, 5.74) is 1.95. The molecular formula is C17H20FN3O. The van der Waals surface area contributed by atoms with Gasteiger partial charge in [-0.05, 0) is 36.2 Å². The lowest BCUT2D eigenvalue weighted by atomic mass is 10.1. The minimum atomic E-state index is -0.222. The van der Waals surface area contributed by atoms with Crippen molar-refractivity contribution in [2.45, 2.75) is 20.3 Å². The van der Waals surface area contributed by atoms with Crippen molar-refractivity contribution in [2.24, 2.45) is 5.92 Å². The fourth-order valence-corrected chi connectivity index (χ4v) is 1.85. The molecule has 22 heavy (non-hydrogen) atoms. The van der Waals surface area contributed by atoms with Crippen LogP contribution in [-0.4, -0.2) is 17.4 Å². The molecule has 0 atom stereocenters. The minimum Gasteiger partial charge on any atom is -0.383 e. The van der Waals surface area contributed by atoms with Crippen LogP contribution in [0, 0.1) is 11.7 Å². The molecule has 0 aliphatic carbocycles. The van der Waals surface area contributed by atoms with Crippen LogP contribution in [0.1, 0.15) is 19.4 Å². The van der Waals surface area contributed by atoms with Gasteiger partial charge in [-0.2, -0.15) is 0 Å². The highest BCUT2D eigenvalue weighted by Crippen LogP contribution is 2.11. The normalized spacial score (nSPS) is 10.5. The second kappa shape index (κ2) is 7.54. The van der Waals surface area contributed by atoms with E-state index in [1.165, 1.54) is 12.1 Å². The molecule has 0 radical (unpaired) electrons. The standard InChI is InChI=1S/C17H20FN3O/c1-12(2)17(22)21-16-8-7-15(11-20-16)19-10-9-13-3-5-14(18)6-4-13/h3-8,11-12,19H,9-10H2,1-2H3,(H,20,21,22). The van der Waals surface area contributed by atoms with Crippen LogP contribution in [0.2, 0.25) is 0 Å². The number of carbonyl (C=O) groups is 1. The Morgan fingerprint density at radius 1 is 1.18 bits per heavy atom. The number of benzene rings is 1. The van der Waals surface area contributed by atoms with Crippen LogP contribution in [0.3, 0.4) is 0 Å². The van der Waals surface area contributed by atoms with Gasteiger partial charge in [0.05, 0.1) is 11.9 Å². The Hall–Kier alpha value is -2.43. The Bertz CT molecular complexity index is 609. The molecule has 1 aromatic heterocycles. The number of nitrogens with zero attached hydrogens (tertiary/aromatic N) is 1. The first-order chi connectivity index (χ1) is 10.5. The Balaban J connectivity index is 1.81. The molecule has 1 heterocycles. The average molecular weight is 301 g/mol. The quantitative estimate of drug-likeness (QED) is 0.859. The monoisotopic (exact) mass is 301 g/mol. The minimum absolute atomic E-state index is 0.0514. The van der Waals surface area contributed by atoms with Gasteiger partial charge in [0.15, 0.2) is 0 Å². The van der Waals surface area contributed by atoms with Gasteiger partial charge in [0.1, 0.15) is 11.6 Å². The van der Waals surface area contributed by atoms with Gasteiger partial charge >= 0.3 is 0 Å². The molecule has 0 fully saturated rings. The molecule has 5 heteroatoms. The first kappa shape index (κ1) is 15.9. The molecular weight excluding hydrogens is 281 g/mol. The highest BCUT2D eigenvalue weighted by atomic mass is 19.1. The summed E-state index contributed by atoms with van der Waals surface area (Å²) in [6.07, 6.45) is 2.48. The van der Waals surface area contributed by atoms with E-state index in [0.717, 1.165) is 24.2 Å². The van der Waals surface area contributed by atoms with E-state index in [0.29, 0.717) is 5.82 Å². The van der Waals surface area contributed by atoms with Crippen LogP contribution in [0.15, 0.2) is 42.6 Å². The summed E-state index contributed by atoms with van der Waals surface area (Å²) >= 11 is 0. The Morgan fingerprint density at radius 2 is 1.91 bits per heavy atom. The van der Waals surface area contributed by atoms with Gasteiger partial charge in [0.25, 0.3) is 0 Å². The molecule has 0 aliphatic rings. The number of hydrogen-bond donors (Lipinski definition) is 2. The maximum absolute atomic E-state index is 12.8. The number of nitrogens with one attached hydrogen (secondary N) is 2. The topological polar surface area (TPSA) is 54.0 Å². The molecule has 2 aromatic rings. The lowest BCUT2D eigenvalue weighted by molar-refractivity contribution is -0.118. The zero-order valence-electron chi connectivity index (χ0n) is 12.8. The van der Waals surface area contributed by atoms with Gasteiger partial charge in [-0.1, -0.05) is 26.0 Å². The van der Waals surface area contributed by atoms with E-state index in [1.807, 2.05) is 19.9 Å². The van der Waals surface area contributed by atoms with Gasteiger partial charge in [-0.25, -0.2) is 9.37 Å². The summed E-state index contributed by atoms with van der Waals surface area (Å²) in [6.45, 7) is 4.40. The van der Waals surface area contributed by atoms with E-state index in [4.69, 9.17) is 0 Å². The van der Waals surface area contributed by atoms with Crippen molar-refractivity contribution in [3.8, 4) is 0 Å². The first-order valence-corrected chi connectivity index (χ1v) is 7.30. The highest BCUT2D eigenvalue weighted by molar-refractivity contribution is 5.91. The molecule has 0 saturated carbocycles. The summed E-state index contributed by atoms with van der Waals surface area (Å²) in [4.78, 5) is 15.8. The summed E-state index contributed by atoms with van der Waals surface area (Å²) < 4.78 is 12.8. The molecule has 2 N–H and O–H groups in total. The number of rotatable bonds is 6. The Kier molecular flexibility index (Phi) is 5.47. The maximum atomic E-state index is 12.8. The third-order valence-corrected chi connectivity index (χ3v) is 3.20. The summed E-state index contributed by atoms with van der Waals surface area (Å²) in [7, 11) is 0. The summed E-state index contributed by atoms with van der Waals surface area (Å²) in [6, 6.07) is 10.1. The van der Waals surface area contributed by atoms with Gasteiger partial charge < -0.3 is 10.6 Å². The number of amides is 1. The number of carbonyl (C=O) groups excluding carboxylic acids is 1. The number of pyridine rings is 1. The van der Waals surface area contributed by atoms with Crippen molar-refractivity contribution in [1.29, 1.82) is 0 Å². The van der Waals surface area contributed by atoms with Crippen LogP contribution in [0.25, 0.3) is 0 Å². The van der Waals surface area contributed by atoms with Crippen molar-refractivity contribution < 1.29 is 9.18 Å². The van der Waals surface area contributed by atoms with E-state index in [2.05, 4.69) is 15.6 Å². The second-order valence-corrected chi connectivity index (χ2v) is 5.38. The second-order valence-electron chi connectivity index (χ2n) is 5.38. The molecule has 0 aliphatic heterocycles. The number of hydrogen-bond acceptors (Lipinski definition) is 3. The van der Waals surface area contributed by atoms with Crippen LogP contribution >= 0.6 is 0 Å². The molecule has 0 bridgehead atoms. The third kappa shape index (κ3) is 4.84. The fourth-order valence-electron chi connectivity index (χ4n) is 1.85. The van der Waals surface area contributed by atoms with Crippen molar-refractivity contribution in [3.63, 3.8) is 0 Å². The average Bonchev–Trinajstić information content (AvgIpc) is 2.51. The van der Waals surface area contributed by atoms with E-state index in [1.54, 1.807) is 24.4 Å². The van der Waals surface area contributed by atoms with Crippen LogP contribution in [0.5, 0.6) is 0 Å². The molecule has 1 amide bonds. The highest BCUT2D eigenvalue weighted by Gasteiger charge is 2.07. The van der Waals surface area contributed by atoms with Gasteiger partial charge in [0.2, 0.25) is 5.91 Å². The summed E-state index contributed by atoms with van der Waals surface area (Å²) in [5, 5.41) is 5.98. The van der Waals surface area contributed by atoms with E-state index in [9.17, 15) is 9.18 Å². The van der Waals surface area contributed by atoms with Crippen LogP contribution in [-0.2, 0) is 11.2 Å². The maximum Gasteiger partial charge on any atom is 0.228 e. The van der Waals surface area contributed by atoms with Crippen LogP contribution < -0.4 is 10.6 Å². The van der Waals surface area contributed by atoms with Crippen molar-refractivity contribution in [3.05, 3.63) is 54.0 Å². The molecule has 4 nitrogen and oxygen atoms in total. The predicted octanol–water partition coefficient (Wildman–Crippen LogP) is 3.47. The molecule has 0 spiro atoms. The molecule has 0 saturated heterocycles. The van der Waals surface area contributed by atoms with Gasteiger partial charge in [-0.15, -0.1) is 0 Å². The lowest BCUT2D eigenvalue weighted by Crippen LogP contribution is -2.18. The lowest BCUT2D eigenvalue weighted by Gasteiger charge is -2.09. The van der Waals surface area contributed by atoms with Gasteiger partial charge in [-0.3, -0.25) is 4.79 Å². The predicted molar refractivity (Wildman–Crippen MR) is 86.3 cm³/mol. The van der Waals surface area contributed by atoms with Crippen molar-refractivity contribution >= 4 is 17.4 Å². The van der Waals surface area contributed by atoms with Crippen molar-refractivity contribution in [2.75, 3.05) is 17.2 Å². The van der Waals surface area contributed by atoms with Crippen molar-refractivity contribution in [1.82, 2.24) is 4.98 Å². The van der Waals surface area contributed by atoms with E-state index in [-0.39, 0.29) is 17.6 Å². The first-order valence-electron chi connectivity index (χ1n) is 7.30. The SMILES string of the molecule is CC(C)C(=O)Nc1ccc(NCCc2ccc(F)cc2)cn1. The van der Waals surface area contributed by atoms with E-state index >= 15 is 0 Å². The summed E-state index contributed by atoms with van der Waals surface area (Å²) in [5.74, 6) is 0.197. The fraction of sp³-hybridized carbons (Fsp3) is 0.294. The smallest absolute Gasteiger partial charge is 0.228 e. The number of halogens is 1.